The molecule has 0 aromatic heterocycles. The molecule has 32 heavy (non-hydrogen) atoms. The Balaban J connectivity index is 3.69. The SMILES string of the molecule is CCCCCCCCCCCCCCCCOC(=O)C(CCCC)C(C)CCCCCC. The molecule has 0 heterocycles. The first-order chi connectivity index (χ1) is 15.7. The van der Waals surface area contributed by atoms with Crippen molar-refractivity contribution in [2.24, 2.45) is 11.8 Å². The van der Waals surface area contributed by atoms with E-state index in [9.17, 15) is 4.79 Å². The monoisotopic (exact) mass is 452 g/mol. The van der Waals surface area contributed by atoms with E-state index in [1.54, 1.807) is 0 Å². The van der Waals surface area contributed by atoms with Crippen LogP contribution >= 0.6 is 0 Å². The van der Waals surface area contributed by atoms with Gasteiger partial charge in [0.25, 0.3) is 0 Å². The molecule has 0 N–H and O–H groups in total. The third-order valence-corrected chi connectivity index (χ3v) is 7.11. The molecule has 0 saturated carbocycles. The average Bonchev–Trinajstić information content (AvgIpc) is 2.79. The van der Waals surface area contributed by atoms with Crippen molar-refractivity contribution in [2.75, 3.05) is 6.61 Å². The zero-order valence-electron chi connectivity index (χ0n) is 22.7. The number of hydrogen-bond donors (Lipinski definition) is 0. The van der Waals surface area contributed by atoms with Crippen molar-refractivity contribution >= 4 is 5.97 Å². The fraction of sp³-hybridized carbons (Fsp3) is 0.967. The van der Waals surface area contributed by atoms with E-state index >= 15 is 0 Å². The highest BCUT2D eigenvalue weighted by Gasteiger charge is 2.25. The van der Waals surface area contributed by atoms with Crippen LogP contribution in [0, 0.1) is 11.8 Å². The summed E-state index contributed by atoms with van der Waals surface area (Å²) in [4.78, 5) is 12.7. The first kappa shape index (κ1) is 31.5. The van der Waals surface area contributed by atoms with Crippen LogP contribution in [0.15, 0.2) is 0 Å². The lowest BCUT2D eigenvalue weighted by molar-refractivity contribution is -0.151. The number of esters is 1. The molecule has 0 rings (SSSR count). The molecule has 0 amide bonds. The topological polar surface area (TPSA) is 26.3 Å². The zero-order chi connectivity index (χ0) is 23.7. The molecule has 0 radical (unpaired) electrons. The van der Waals surface area contributed by atoms with Gasteiger partial charge in [0, 0.05) is 0 Å². The maximum atomic E-state index is 12.7. The second-order valence-corrected chi connectivity index (χ2v) is 10.3. The molecule has 2 nitrogen and oxygen atoms in total. The summed E-state index contributed by atoms with van der Waals surface area (Å²) >= 11 is 0. The Kier molecular flexibility index (Phi) is 24.7. The van der Waals surface area contributed by atoms with Gasteiger partial charge in [-0.05, 0) is 25.2 Å². The quantitative estimate of drug-likeness (QED) is 0.102. The molecular formula is C30H60O2. The van der Waals surface area contributed by atoms with E-state index < -0.39 is 0 Å². The molecule has 2 atom stereocenters. The molecule has 192 valence electrons. The lowest BCUT2D eigenvalue weighted by atomic mass is 9.85. The number of hydrogen-bond acceptors (Lipinski definition) is 2. The van der Waals surface area contributed by atoms with E-state index in [4.69, 9.17) is 4.74 Å². The average molecular weight is 453 g/mol. The third kappa shape index (κ3) is 20.1. The molecule has 0 spiro atoms. The fourth-order valence-electron chi connectivity index (χ4n) is 4.73. The molecule has 0 bridgehead atoms. The lowest BCUT2D eigenvalue weighted by Crippen LogP contribution is -2.25. The number of carbonyl (C=O) groups excluding carboxylic acids is 1. The van der Waals surface area contributed by atoms with Gasteiger partial charge in [0.15, 0.2) is 0 Å². The lowest BCUT2D eigenvalue weighted by Gasteiger charge is -2.22. The fourth-order valence-corrected chi connectivity index (χ4v) is 4.73. The molecule has 0 aliphatic heterocycles. The summed E-state index contributed by atoms with van der Waals surface area (Å²) in [6.07, 6.45) is 28.6. The highest BCUT2D eigenvalue weighted by molar-refractivity contribution is 5.72. The highest BCUT2D eigenvalue weighted by atomic mass is 16.5. The molecular weight excluding hydrogens is 392 g/mol. The molecule has 0 aliphatic carbocycles. The third-order valence-electron chi connectivity index (χ3n) is 7.11. The van der Waals surface area contributed by atoms with Gasteiger partial charge < -0.3 is 4.74 Å². The van der Waals surface area contributed by atoms with Gasteiger partial charge in [-0.2, -0.15) is 0 Å². The Morgan fingerprint density at radius 2 is 0.938 bits per heavy atom. The van der Waals surface area contributed by atoms with Crippen LogP contribution in [0.4, 0.5) is 0 Å². The summed E-state index contributed by atoms with van der Waals surface area (Å²) in [7, 11) is 0. The smallest absolute Gasteiger partial charge is 0.309 e. The van der Waals surface area contributed by atoms with Crippen molar-refractivity contribution in [3.05, 3.63) is 0 Å². The summed E-state index contributed by atoms with van der Waals surface area (Å²) < 4.78 is 5.72. The Labute approximate surface area is 203 Å². The van der Waals surface area contributed by atoms with Crippen LogP contribution in [-0.2, 0) is 9.53 Å². The molecule has 2 heteroatoms. The second kappa shape index (κ2) is 25.1. The number of unbranched alkanes of at least 4 members (excludes halogenated alkanes) is 17. The molecule has 2 unspecified atom stereocenters. The van der Waals surface area contributed by atoms with E-state index in [2.05, 4.69) is 27.7 Å². The maximum Gasteiger partial charge on any atom is 0.309 e. The largest absolute Gasteiger partial charge is 0.465 e. The van der Waals surface area contributed by atoms with Gasteiger partial charge in [0.2, 0.25) is 0 Å². The summed E-state index contributed by atoms with van der Waals surface area (Å²) in [6.45, 7) is 9.64. The van der Waals surface area contributed by atoms with Gasteiger partial charge in [0.05, 0.1) is 12.5 Å². The molecule has 0 fully saturated rings. The minimum atomic E-state index is 0.0798. The van der Waals surface area contributed by atoms with Crippen LogP contribution in [-0.4, -0.2) is 12.6 Å². The van der Waals surface area contributed by atoms with Crippen molar-refractivity contribution in [3.63, 3.8) is 0 Å². The Morgan fingerprint density at radius 3 is 1.41 bits per heavy atom. The van der Waals surface area contributed by atoms with Crippen molar-refractivity contribution < 1.29 is 9.53 Å². The normalized spacial score (nSPS) is 13.2. The second-order valence-electron chi connectivity index (χ2n) is 10.3. The Morgan fingerprint density at radius 1 is 0.531 bits per heavy atom. The van der Waals surface area contributed by atoms with E-state index in [1.807, 2.05) is 0 Å². The van der Waals surface area contributed by atoms with Crippen LogP contribution < -0.4 is 0 Å². The first-order valence-electron chi connectivity index (χ1n) is 14.8. The zero-order valence-corrected chi connectivity index (χ0v) is 22.7. The van der Waals surface area contributed by atoms with Crippen LogP contribution in [0.1, 0.15) is 169 Å². The van der Waals surface area contributed by atoms with Gasteiger partial charge in [-0.1, -0.05) is 150 Å². The first-order valence-corrected chi connectivity index (χ1v) is 14.8. The van der Waals surface area contributed by atoms with Gasteiger partial charge in [-0.25, -0.2) is 0 Å². The standard InChI is InChI=1S/C30H60O2/c1-5-8-11-13-14-15-16-17-18-19-20-21-22-24-27-32-30(31)29(26-10-7-3)28(4)25-23-12-9-6-2/h28-29H,5-27H2,1-4H3. The summed E-state index contributed by atoms with van der Waals surface area (Å²) in [6, 6.07) is 0. The van der Waals surface area contributed by atoms with Crippen molar-refractivity contribution in [3.8, 4) is 0 Å². The van der Waals surface area contributed by atoms with Gasteiger partial charge >= 0.3 is 5.97 Å². The molecule has 0 aromatic carbocycles. The highest BCUT2D eigenvalue weighted by Crippen LogP contribution is 2.25. The predicted octanol–water partition coefficient (Wildman–Crippen LogP) is 10.4. The Hall–Kier alpha value is -0.530. The van der Waals surface area contributed by atoms with E-state index in [0.29, 0.717) is 12.5 Å². The number of carbonyl (C=O) groups is 1. The minimum absolute atomic E-state index is 0.0798. The Bertz CT molecular complexity index is 379. The molecule has 0 aliphatic rings. The van der Waals surface area contributed by atoms with Crippen LogP contribution in [0.25, 0.3) is 0 Å². The molecule has 0 saturated heterocycles. The van der Waals surface area contributed by atoms with Crippen molar-refractivity contribution in [1.82, 2.24) is 0 Å². The van der Waals surface area contributed by atoms with E-state index in [-0.39, 0.29) is 11.9 Å². The predicted molar refractivity (Wildman–Crippen MR) is 142 cm³/mol. The number of ether oxygens (including phenoxy) is 1. The summed E-state index contributed by atoms with van der Waals surface area (Å²) in [5.74, 6) is 0.654. The minimum Gasteiger partial charge on any atom is -0.465 e. The van der Waals surface area contributed by atoms with Gasteiger partial charge in [-0.15, -0.1) is 0 Å². The van der Waals surface area contributed by atoms with Crippen LogP contribution in [0.5, 0.6) is 0 Å². The summed E-state index contributed by atoms with van der Waals surface area (Å²) in [5, 5.41) is 0. The van der Waals surface area contributed by atoms with Gasteiger partial charge in [0.1, 0.15) is 0 Å². The number of rotatable bonds is 25. The van der Waals surface area contributed by atoms with Gasteiger partial charge in [-0.3, -0.25) is 4.79 Å². The maximum absolute atomic E-state index is 12.7. The van der Waals surface area contributed by atoms with E-state index in [1.165, 1.54) is 116 Å². The summed E-state index contributed by atoms with van der Waals surface area (Å²) in [5.41, 5.74) is 0. The van der Waals surface area contributed by atoms with E-state index in [0.717, 1.165) is 25.7 Å². The van der Waals surface area contributed by atoms with Crippen molar-refractivity contribution in [2.45, 2.75) is 169 Å². The van der Waals surface area contributed by atoms with Crippen molar-refractivity contribution in [1.29, 1.82) is 0 Å². The van der Waals surface area contributed by atoms with Crippen LogP contribution in [0.2, 0.25) is 0 Å². The van der Waals surface area contributed by atoms with Crippen LogP contribution in [0.3, 0.4) is 0 Å². The molecule has 0 aromatic rings.